The summed E-state index contributed by atoms with van der Waals surface area (Å²) in [7, 11) is 0. The van der Waals surface area contributed by atoms with Crippen LogP contribution >= 0.6 is 23.4 Å². The Bertz CT molecular complexity index is 847. The van der Waals surface area contributed by atoms with Crippen LogP contribution in [-0.4, -0.2) is 26.1 Å². The third-order valence-electron chi connectivity index (χ3n) is 3.26. The van der Waals surface area contributed by atoms with Gasteiger partial charge in [-0.3, -0.25) is 4.79 Å². The van der Waals surface area contributed by atoms with Gasteiger partial charge in [0.15, 0.2) is 10.8 Å². The first-order valence-corrected chi connectivity index (χ1v) is 8.32. The molecule has 0 saturated heterocycles. The van der Waals surface area contributed by atoms with Crippen LogP contribution in [0.2, 0.25) is 5.02 Å². The van der Waals surface area contributed by atoms with Crippen LogP contribution in [0.4, 0.5) is 5.69 Å². The number of H-pyrrole nitrogens is 1. The van der Waals surface area contributed by atoms with Gasteiger partial charge in [0.2, 0.25) is 5.91 Å². The predicted octanol–water partition coefficient (Wildman–Crippen LogP) is 4.04. The minimum atomic E-state index is -0.299. The molecule has 0 aliphatic heterocycles. The number of benzene rings is 1. The van der Waals surface area contributed by atoms with E-state index in [4.69, 9.17) is 11.6 Å². The van der Waals surface area contributed by atoms with Crippen molar-refractivity contribution in [3.8, 4) is 0 Å². The Kier molecular flexibility index (Phi) is 4.54. The van der Waals surface area contributed by atoms with E-state index >= 15 is 0 Å². The second-order valence-corrected chi connectivity index (χ2v) is 6.95. The molecule has 3 aromatic rings. The maximum absolute atomic E-state index is 12.3. The summed E-state index contributed by atoms with van der Waals surface area (Å²) in [4.78, 5) is 23.9. The molecule has 1 aromatic carbocycles. The van der Waals surface area contributed by atoms with Crippen LogP contribution in [0.15, 0.2) is 41.7 Å². The number of hydrogen-bond donors (Lipinski definition) is 2. The van der Waals surface area contributed by atoms with Crippen LogP contribution < -0.4 is 5.32 Å². The molecular formula is C16H15ClN4OS. The number of nitrogens with zero attached hydrogens (tertiary/aromatic N) is 2. The zero-order chi connectivity index (χ0) is 16.4. The maximum atomic E-state index is 12.3. The van der Waals surface area contributed by atoms with Crippen molar-refractivity contribution in [2.24, 2.45) is 0 Å². The second kappa shape index (κ2) is 6.60. The van der Waals surface area contributed by atoms with E-state index < -0.39 is 0 Å². The van der Waals surface area contributed by atoms with Crippen LogP contribution in [0.25, 0.3) is 11.2 Å². The van der Waals surface area contributed by atoms with Gasteiger partial charge in [0.1, 0.15) is 0 Å². The number of nitrogens with one attached hydrogen (secondary N) is 2. The Morgan fingerprint density at radius 3 is 2.83 bits per heavy atom. The molecular weight excluding hydrogens is 332 g/mol. The summed E-state index contributed by atoms with van der Waals surface area (Å²) in [5, 5.41) is 3.78. The Balaban J connectivity index is 1.68. The smallest absolute Gasteiger partial charge is 0.237 e. The van der Waals surface area contributed by atoms with Crippen LogP contribution in [0.1, 0.15) is 12.5 Å². The molecule has 0 aliphatic rings. The summed E-state index contributed by atoms with van der Waals surface area (Å²) in [6.07, 6.45) is 1.55. The molecule has 0 aliphatic carbocycles. The SMILES string of the molecule is Cc1ccc(NC(=O)[C@H](C)Sc2nc3ncc(Cl)cc3[nH]2)cc1. The fourth-order valence-electron chi connectivity index (χ4n) is 2.01. The number of pyridine rings is 1. The molecule has 0 fully saturated rings. The molecule has 0 saturated carbocycles. The lowest BCUT2D eigenvalue weighted by atomic mass is 10.2. The van der Waals surface area contributed by atoms with Gasteiger partial charge in [-0.1, -0.05) is 41.1 Å². The number of carbonyl (C=O) groups is 1. The first-order chi connectivity index (χ1) is 11.0. The largest absolute Gasteiger partial charge is 0.331 e. The summed E-state index contributed by atoms with van der Waals surface area (Å²) < 4.78 is 0. The average molecular weight is 347 g/mol. The van der Waals surface area contributed by atoms with Gasteiger partial charge < -0.3 is 10.3 Å². The molecule has 0 spiro atoms. The van der Waals surface area contributed by atoms with Crippen molar-refractivity contribution in [1.29, 1.82) is 0 Å². The molecule has 2 heterocycles. The van der Waals surface area contributed by atoms with Gasteiger partial charge in [0.05, 0.1) is 15.8 Å². The maximum Gasteiger partial charge on any atom is 0.237 e. The first kappa shape index (κ1) is 15.8. The van der Waals surface area contributed by atoms with Gasteiger partial charge in [-0.2, -0.15) is 0 Å². The zero-order valence-electron chi connectivity index (χ0n) is 12.6. The number of aromatic amines is 1. The Morgan fingerprint density at radius 2 is 2.09 bits per heavy atom. The highest BCUT2D eigenvalue weighted by molar-refractivity contribution is 8.00. The third-order valence-corrected chi connectivity index (χ3v) is 4.45. The average Bonchev–Trinajstić information content (AvgIpc) is 2.90. The molecule has 3 rings (SSSR count). The Labute approximate surface area is 142 Å². The van der Waals surface area contributed by atoms with E-state index in [1.165, 1.54) is 11.8 Å². The number of aryl methyl sites for hydroxylation is 1. The standard InChI is InChI=1S/C16H15ClN4OS/c1-9-3-5-12(6-4-9)19-15(22)10(2)23-16-20-13-7-11(17)8-18-14(13)21-16/h3-8,10H,1-2H3,(H,19,22)(H,18,20,21)/t10-/m0/s1. The zero-order valence-corrected chi connectivity index (χ0v) is 14.2. The Morgan fingerprint density at radius 1 is 1.35 bits per heavy atom. The van der Waals surface area contributed by atoms with Crippen molar-refractivity contribution in [2.75, 3.05) is 5.32 Å². The quantitative estimate of drug-likeness (QED) is 0.699. The van der Waals surface area contributed by atoms with Gasteiger partial charge >= 0.3 is 0 Å². The number of aromatic nitrogens is 3. The van der Waals surface area contributed by atoms with Crippen LogP contribution in [-0.2, 0) is 4.79 Å². The summed E-state index contributed by atoms with van der Waals surface area (Å²) in [5.41, 5.74) is 3.28. The number of rotatable bonds is 4. The van der Waals surface area contributed by atoms with E-state index in [1.54, 1.807) is 12.3 Å². The molecule has 1 amide bonds. The molecule has 23 heavy (non-hydrogen) atoms. The number of carbonyl (C=O) groups excluding carboxylic acids is 1. The van der Waals surface area contributed by atoms with E-state index in [0.717, 1.165) is 16.8 Å². The highest BCUT2D eigenvalue weighted by atomic mass is 35.5. The van der Waals surface area contributed by atoms with Crippen LogP contribution in [0.3, 0.4) is 0 Å². The van der Waals surface area contributed by atoms with E-state index in [2.05, 4.69) is 20.3 Å². The predicted molar refractivity (Wildman–Crippen MR) is 94.0 cm³/mol. The summed E-state index contributed by atoms with van der Waals surface area (Å²) in [6, 6.07) is 9.46. The fraction of sp³-hybridized carbons (Fsp3) is 0.188. The number of imidazole rings is 1. The minimum absolute atomic E-state index is 0.0784. The molecule has 0 radical (unpaired) electrons. The lowest BCUT2D eigenvalue weighted by molar-refractivity contribution is -0.115. The van der Waals surface area contributed by atoms with Gasteiger partial charge in [-0.05, 0) is 32.0 Å². The van der Waals surface area contributed by atoms with Gasteiger partial charge in [0, 0.05) is 11.9 Å². The summed E-state index contributed by atoms with van der Waals surface area (Å²) >= 11 is 7.25. The number of halogens is 1. The van der Waals surface area contributed by atoms with Gasteiger partial charge in [-0.15, -0.1) is 0 Å². The van der Waals surface area contributed by atoms with Crippen molar-refractivity contribution in [3.63, 3.8) is 0 Å². The molecule has 0 bridgehead atoms. The van der Waals surface area contributed by atoms with Gasteiger partial charge in [-0.25, -0.2) is 9.97 Å². The molecule has 5 nitrogen and oxygen atoms in total. The van der Waals surface area contributed by atoms with E-state index in [-0.39, 0.29) is 11.2 Å². The second-order valence-electron chi connectivity index (χ2n) is 5.18. The molecule has 0 unspecified atom stereocenters. The lowest BCUT2D eigenvalue weighted by Gasteiger charge is -2.10. The van der Waals surface area contributed by atoms with Gasteiger partial charge in [0.25, 0.3) is 0 Å². The number of thioether (sulfide) groups is 1. The van der Waals surface area contributed by atoms with Crippen LogP contribution in [0, 0.1) is 6.92 Å². The monoisotopic (exact) mass is 346 g/mol. The molecule has 118 valence electrons. The van der Waals surface area contributed by atoms with Crippen molar-refractivity contribution in [2.45, 2.75) is 24.3 Å². The highest BCUT2D eigenvalue weighted by Gasteiger charge is 2.17. The molecule has 2 aromatic heterocycles. The summed E-state index contributed by atoms with van der Waals surface area (Å²) in [6.45, 7) is 3.84. The highest BCUT2D eigenvalue weighted by Crippen LogP contribution is 2.24. The fourth-order valence-corrected chi connectivity index (χ4v) is 2.98. The molecule has 1 atom stereocenters. The lowest BCUT2D eigenvalue weighted by Crippen LogP contribution is -2.22. The van der Waals surface area contributed by atoms with E-state index in [0.29, 0.717) is 15.8 Å². The summed E-state index contributed by atoms with van der Waals surface area (Å²) in [5.74, 6) is -0.0784. The van der Waals surface area contributed by atoms with E-state index in [1.807, 2.05) is 38.1 Å². The third kappa shape index (κ3) is 3.83. The topological polar surface area (TPSA) is 70.7 Å². The van der Waals surface area contributed by atoms with Crippen molar-refractivity contribution >= 4 is 46.1 Å². The van der Waals surface area contributed by atoms with Crippen molar-refractivity contribution in [1.82, 2.24) is 15.0 Å². The van der Waals surface area contributed by atoms with E-state index in [9.17, 15) is 4.79 Å². The van der Waals surface area contributed by atoms with Crippen LogP contribution in [0.5, 0.6) is 0 Å². The molecule has 2 N–H and O–H groups in total. The van der Waals surface area contributed by atoms with Crippen molar-refractivity contribution < 1.29 is 4.79 Å². The minimum Gasteiger partial charge on any atom is -0.331 e. The van der Waals surface area contributed by atoms with Crippen molar-refractivity contribution in [3.05, 3.63) is 47.1 Å². The number of hydrogen-bond acceptors (Lipinski definition) is 4. The first-order valence-electron chi connectivity index (χ1n) is 7.07. The number of amides is 1. The number of fused-ring (bicyclic) bond motifs is 1. The normalized spacial score (nSPS) is 12.3. The number of anilines is 1. The Hall–Kier alpha value is -2.05. The molecule has 7 heteroatoms.